The summed E-state index contributed by atoms with van der Waals surface area (Å²) in [5.74, 6) is -0.599. The first-order valence-electron chi connectivity index (χ1n) is 5.78. The lowest BCUT2D eigenvalue weighted by Gasteiger charge is -2.29. The van der Waals surface area contributed by atoms with E-state index in [0.717, 1.165) is 37.5 Å². The molecule has 2 rings (SSSR count). The number of piperidine rings is 1. The largest absolute Gasteiger partial charge is 0.452 e. The van der Waals surface area contributed by atoms with Crippen molar-refractivity contribution in [3.8, 4) is 0 Å². The molecule has 1 fully saturated rings. The summed E-state index contributed by atoms with van der Waals surface area (Å²) in [5.41, 5.74) is 0. The molecule has 1 aromatic heterocycles. The maximum atomic E-state index is 12.3. The van der Waals surface area contributed by atoms with Gasteiger partial charge in [-0.05, 0) is 32.4 Å². The van der Waals surface area contributed by atoms with Crippen molar-refractivity contribution in [2.24, 2.45) is 5.92 Å². The first-order valence-corrected chi connectivity index (χ1v) is 6.56. The normalized spacial score (nSPS) is 22.1. The highest BCUT2D eigenvalue weighted by molar-refractivity contribution is 7.09. The summed E-state index contributed by atoms with van der Waals surface area (Å²) in [7, 11) is 2.05. The van der Waals surface area contributed by atoms with Crippen molar-refractivity contribution in [2.75, 3.05) is 32.0 Å². The zero-order valence-electron chi connectivity index (χ0n) is 10.00. The van der Waals surface area contributed by atoms with Crippen LogP contribution in [0, 0.1) is 5.92 Å². The van der Waals surface area contributed by atoms with Gasteiger partial charge in [0.2, 0.25) is 11.0 Å². The SMILES string of the molecule is CN1CCCC(CNc2nc(C(F)(F)F)ns2)C1. The lowest BCUT2D eigenvalue weighted by molar-refractivity contribution is -0.144. The molecule has 1 aliphatic heterocycles. The number of alkyl halides is 3. The molecule has 0 saturated carbocycles. The van der Waals surface area contributed by atoms with Crippen LogP contribution in [0.2, 0.25) is 0 Å². The Labute approximate surface area is 107 Å². The molecule has 1 unspecified atom stereocenters. The minimum absolute atomic E-state index is 0.246. The summed E-state index contributed by atoms with van der Waals surface area (Å²) in [4.78, 5) is 5.68. The monoisotopic (exact) mass is 280 g/mol. The lowest BCUT2D eigenvalue weighted by Crippen LogP contribution is -2.35. The average Bonchev–Trinajstić information content (AvgIpc) is 2.74. The van der Waals surface area contributed by atoms with E-state index in [2.05, 4.69) is 26.6 Å². The molecule has 0 aliphatic carbocycles. The Morgan fingerprint density at radius 2 is 2.28 bits per heavy atom. The second kappa shape index (κ2) is 5.40. The van der Waals surface area contributed by atoms with Gasteiger partial charge in [-0.1, -0.05) is 0 Å². The van der Waals surface area contributed by atoms with Crippen LogP contribution in [0.25, 0.3) is 0 Å². The Morgan fingerprint density at radius 1 is 1.50 bits per heavy atom. The summed E-state index contributed by atoms with van der Waals surface area (Å²) in [6.07, 6.45) is -2.23. The standard InChI is InChI=1S/C10H15F3N4S/c1-17-4-2-3-7(6-17)5-14-9-15-8(16-18-9)10(11,12)13/h7H,2-6H2,1H3,(H,14,15,16). The number of anilines is 1. The number of hydrogen-bond donors (Lipinski definition) is 1. The van der Waals surface area contributed by atoms with Gasteiger partial charge in [0.25, 0.3) is 0 Å². The van der Waals surface area contributed by atoms with E-state index in [1.54, 1.807) is 0 Å². The number of nitrogens with zero attached hydrogens (tertiary/aromatic N) is 3. The van der Waals surface area contributed by atoms with Crippen molar-refractivity contribution >= 4 is 16.7 Å². The van der Waals surface area contributed by atoms with Crippen LogP contribution in [0.4, 0.5) is 18.3 Å². The smallest absolute Gasteiger partial charge is 0.360 e. The van der Waals surface area contributed by atoms with Crippen LogP contribution < -0.4 is 5.32 Å². The van der Waals surface area contributed by atoms with Gasteiger partial charge >= 0.3 is 6.18 Å². The van der Waals surface area contributed by atoms with Crippen molar-refractivity contribution in [3.63, 3.8) is 0 Å². The highest BCUT2D eigenvalue weighted by Gasteiger charge is 2.36. The minimum Gasteiger partial charge on any atom is -0.360 e. The maximum absolute atomic E-state index is 12.3. The summed E-state index contributed by atoms with van der Waals surface area (Å²) < 4.78 is 40.2. The van der Waals surface area contributed by atoms with Crippen LogP contribution in [0.15, 0.2) is 0 Å². The maximum Gasteiger partial charge on any atom is 0.452 e. The van der Waals surface area contributed by atoms with Crippen LogP contribution in [-0.2, 0) is 6.18 Å². The van der Waals surface area contributed by atoms with Crippen LogP contribution in [0.1, 0.15) is 18.7 Å². The number of rotatable bonds is 3. The first-order chi connectivity index (χ1) is 8.45. The van der Waals surface area contributed by atoms with E-state index in [0.29, 0.717) is 12.5 Å². The molecule has 1 aromatic rings. The molecule has 102 valence electrons. The first kappa shape index (κ1) is 13.5. The molecule has 18 heavy (non-hydrogen) atoms. The Balaban J connectivity index is 1.85. The topological polar surface area (TPSA) is 41.0 Å². The van der Waals surface area contributed by atoms with Gasteiger partial charge in [-0.15, -0.1) is 0 Å². The highest BCUT2D eigenvalue weighted by atomic mass is 32.1. The van der Waals surface area contributed by atoms with Gasteiger partial charge < -0.3 is 10.2 Å². The Bertz CT molecular complexity index is 393. The van der Waals surface area contributed by atoms with E-state index >= 15 is 0 Å². The van der Waals surface area contributed by atoms with Crippen molar-refractivity contribution < 1.29 is 13.2 Å². The van der Waals surface area contributed by atoms with Crippen LogP contribution in [0.5, 0.6) is 0 Å². The lowest BCUT2D eigenvalue weighted by atomic mass is 9.99. The van der Waals surface area contributed by atoms with Gasteiger partial charge in [0, 0.05) is 24.6 Å². The molecule has 0 radical (unpaired) electrons. The van der Waals surface area contributed by atoms with Crippen molar-refractivity contribution in [1.29, 1.82) is 0 Å². The fraction of sp³-hybridized carbons (Fsp3) is 0.800. The zero-order chi connectivity index (χ0) is 13.2. The van der Waals surface area contributed by atoms with Crippen LogP contribution in [0.3, 0.4) is 0 Å². The highest BCUT2D eigenvalue weighted by Crippen LogP contribution is 2.29. The summed E-state index contributed by atoms with van der Waals surface area (Å²) >= 11 is 0.760. The molecule has 2 heterocycles. The molecular weight excluding hydrogens is 265 g/mol. The van der Waals surface area contributed by atoms with Gasteiger partial charge in [0.1, 0.15) is 0 Å². The molecule has 0 aromatic carbocycles. The van der Waals surface area contributed by atoms with E-state index in [9.17, 15) is 13.2 Å². The van der Waals surface area contributed by atoms with E-state index in [4.69, 9.17) is 0 Å². The molecule has 1 N–H and O–H groups in total. The van der Waals surface area contributed by atoms with E-state index in [-0.39, 0.29) is 5.13 Å². The third kappa shape index (κ3) is 3.55. The van der Waals surface area contributed by atoms with Crippen molar-refractivity contribution in [1.82, 2.24) is 14.3 Å². The molecule has 4 nitrogen and oxygen atoms in total. The van der Waals surface area contributed by atoms with Gasteiger partial charge in [0.05, 0.1) is 0 Å². The van der Waals surface area contributed by atoms with Gasteiger partial charge in [-0.25, -0.2) is 0 Å². The van der Waals surface area contributed by atoms with E-state index in [1.165, 1.54) is 0 Å². The minimum atomic E-state index is -4.46. The summed E-state index contributed by atoms with van der Waals surface area (Å²) in [5, 5.41) is 3.19. The number of nitrogens with one attached hydrogen (secondary N) is 1. The fourth-order valence-corrected chi connectivity index (χ4v) is 2.67. The predicted octanol–water partition coefficient (Wildman–Crippen LogP) is 2.31. The molecule has 8 heteroatoms. The molecular formula is C10H15F3N4S. The second-order valence-corrected chi connectivity index (χ2v) is 5.32. The number of likely N-dealkylation sites (tertiary alicyclic amines) is 1. The molecule has 0 amide bonds. The molecule has 0 spiro atoms. The summed E-state index contributed by atoms with van der Waals surface area (Å²) in [6, 6.07) is 0. The quantitative estimate of drug-likeness (QED) is 0.922. The molecule has 0 bridgehead atoms. The number of hydrogen-bond acceptors (Lipinski definition) is 5. The third-order valence-corrected chi connectivity index (χ3v) is 3.62. The van der Waals surface area contributed by atoms with Gasteiger partial charge in [-0.3, -0.25) is 0 Å². The molecule has 1 saturated heterocycles. The summed E-state index contributed by atoms with van der Waals surface area (Å²) in [6.45, 7) is 2.71. The second-order valence-electron chi connectivity index (χ2n) is 4.57. The van der Waals surface area contributed by atoms with E-state index in [1.807, 2.05) is 0 Å². The van der Waals surface area contributed by atoms with E-state index < -0.39 is 12.0 Å². The van der Waals surface area contributed by atoms with Gasteiger partial charge in [-0.2, -0.15) is 22.5 Å². The zero-order valence-corrected chi connectivity index (χ0v) is 10.8. The predicted molar refractivity (Wildman–Crippen MR) is 63.6 cm³/mol. The average molecular weight is 280 g/mol. The molecule has 1 aliphatic rings. The van der Waals surface area contributed by atoms with Crippen LogP contribution in [-0.4, -0.2) is 40.9 Å². The Hall–Kier alpha value is -0.890. The van der Waals surface area contributed by atoms with Gasteiger partial charge in [0.15, 0.2) is 0 Å². The Morgan fingerprint density at radius 3 is 2.89 bits per heavy atom. The number of halogens is 3. The third-order valence-electron chi connectivity index (χ3n) is 2.94. The fourth-order valence-electron chi connectivity index (χ4n) is 2.08. The van der Waals surface area contributed by atoms with Crippen molar-refractivity contribution in [2.45, 2.75) is 19.0 Å². The van der Waals surface area contributed by atoms with Crippen LogP contribution >= 0.6 is 11.5 Å². The molecule has 1 atom stereocenters. The van der Waals surface area contributed by atoms with Crippen molar-refractivity contribution in [3.05, 3.63) is 5.82 Å². The Kier molecular flexibility index (Phi) is 4.06. The number of aromatic nitrogens is 2.